The van der Waals surface area contributed by atoms with Crippen LogP contribution in [0.4, 0.5) is 20.2 Å². The van der Waals surface area contributed by atoms with Crippen LogP contribution in [0, 0.1) is 18.6 Å². The predicted molar refractivity (Wildman–Crippen MR) is 99.9 cm³/mol. The number of carbonyl (C=O) groups is 2. The van der Waals surface area contributed by atoms with Gasteiger partial charge in [-0.25, -0.2) is 8.78 Å². The predicted octanol–water partition coefficient (Wildman–Crippen LogP) is 4.78. The number of anilines is 2. The average Bonchev–Trinajstić information content (AvgIpc) is 2.66. The summed E-state index contributed by atoms with van der Waals surface area (Å²) in [7, 11) is 0. The van der Waals surface area contributed by atoms with Crippen molar-refractivity contribution in [1.82, 2.24) is 0 Å². The van der Waals surface area contributed by atoms with Crippen LogP contribution in [0.25, 0.3) is 0 Å². The molecule has 0 unspecified atom stereocenters. The summed E-state index contributed by atoms with van der Waals surface area (Å²) in [6, 6.07) is 16.5. The molecule has 0 saturated carbocycles. The van der Waals surface area contributed by atoms with Crippen LogP contribution in [0.15, 0.2) is 66.7 Å². The van der Waals surface area contributed by atoms with Crippen molar-refractivity contribution in [1.29, 1.82) is 0 Å². The molecule has 0 spiro atoms. The Morgan fingerprint density at radius 1 is 0.741 bits per heavy atom. The van der Waals surface area contributed by atoms with E-state index in [4.69, 9.17) is 0 Å². The Bertz CT molecular complexity index is 1000. The zero-order valence-electron chi connectivity index (χ0n) is 14.4. The molecule has 0 aromatic heterocycles. The molecule has 0 heterocycles. The molecule has 2 N–H and O–H groups in total. The first-order chi connectivity index (χ1) is 12.9. The van der Waals surface area contributed by atoms with Gasteiger partial charge in [0.25, 0.3) is 11.8 Å². The summed E-state index contributed by atoms with van der Waals surface area (Å²) in [4.78, 5) is 24.5. The lowest BCUT2D eigenvalue weighted by molar-refractivity contribution is 0.101. The van der Waals surface area contributed by atoms with Gasteiger partial charge in [0.2, 0.25) is 0 Å². The van der Waals surface area contributed by atoms with Gasteiger partial charge < -0.3 is 10.6 Å². The number of aryl methyl sites for hydroxylation is 1. The molecule has 4 nitrogen and oxygen atoms in total. The van der Waals surface area contributed by atoms with Gasteiger partial charge in [-0.1, -0.05) is 18.2 Å². The molecule has 3 rings (SSSR count). The highest BCUT2D eigenvalue weighted by Crippen LogP contribution is 2.17. The molecule has 3 aromatic rings. The first-order valence-electron chi connectivity index (χ1n) is 8.17. The molecular weight excluding hydrogens is 350 g/mol. The molecule has 2 amide bonds. The monoisotopic (exact) mass is 366 g/mol. The smallest absolute Gasteiger partial charge is 0.255 e. The van der Waals surface area contributed by atoms with E-state index < -0.39 is 17.5 Å². The van der Waals surface area contributed by atoms with Gasteiger partial charge in [0.05, 0.1) is 0 Å². The summed E-state index contributed by atoms with van der Waals surface area (Å²) in [5.41, 5.74) is 2.46. The summed E-state index contributed by atoms with van der Waals surface area (Å²) in [5, 5.41) is 5.29. The fraction of sp³-hybridized carbons (Fsp3) is 0.0476. The molecule has 0 radical (unpaired) electrons. The zero-order chi connectivity index (χ0) is 19.4. The number of amides is 2. The van der Waals surface area contributed by atoms with E-state index in [1.54, 1.807) is 6.07 Å². The molecule has 0 aliphatic carbocycles. The van der Waals surface area contributed by atoms with E-state index in [0.29, 0.717) is 11.3 Å². The Kier molecular flexibility index (Phi) is 5.26. The van der Waals surface area contributed by atoms with Crippen LogP contribution < -0.4 is 10.6 Å². The van der Waals surface area contributed by atoms with E-state index in [0.717, 1.165) is 17.7 Å². The number of rotatable bonds is 4. The van der Waals surface area contributed by atoms with Gasteiger partial charge in [0.15, 0.2) is 11.6 Å². The van der Waals surface area contributed by atoms with Crippen molar-refractivity contribution in [3.8, 4) is 0 Å². The summed E-state index contributed by atoms with van der Waals surface area (Å²) >= 11 is 0. The van der Waals surface area contributed by atoms with Gasteiger partial charge in [0, 0.05) is 28.6 Å². The topological polar surface area (TPSA) is 58.2 Å². The van der Waals surface area contributed by atoms with Crippen molar-refractivity contribution in [3.05, 3.63) is 95.1 Å². The molecule has 0 fully saturated rings. The van der Waals surface area contributed by atoms with Crippen molar-refractivity contribution in [2.45, 2.75) is 6.92 Å². The Morgan fingerprint density at radius 3 is 1.93 bits per heavy atom. The molecule has 6 heteroatoms. The summed E-state index contributed by atoms with van der Waals surface area (Å²) in [6.07, 6.45) is 0. The molecule has 0 aliphatic rings. The third kappa shape index (κ3) is 4.36. The van der Waals surface area contributed by atoms with Gasteiger partial charge in [-0.2, -0.15) is 0 Å². The van der Waals surface area contributed by atoms with E-state index in [1.165, 1.54) is 30.3 Å². The molecule has 3 aromatic carbocycles. The van der Waals surface area contributed by atoms with Crippen LogP contribution in [-0.2, 0) is 0 Å². The Balaban J connectivity index is 1.69. The van der Waals surface area contributed by atoms with Crippen molar-refractivity contribution >= 4 is 23.2 Å². The van der Waals surface area contributed by atoms with Gasteiger partial charge in [-0.3, -0.25) is 9.59 Å². The summed E-state index contributed by atoms with van der Waals surface area (Å²) in [5.74, 6) is -2.82. The van der Waals surface area contributed by atoms with Crippen LogP contribution in [0.1, 0.15) is 26.3 Å². The minimum Gasteiger partial charge on any atom is -0.322 e. The Hall–Kier alpha value is -3.54. The molecule has 136 valence electrons. The number of nitrogens with one attached hydrogen (secondary N) is 2. The van der Waals surface area contributed by atoms with Crippen molar-refractivity contribution < 1.29 is 18.4 Å². The molecule has 0 aliphatic heterocycles. The average molecular weight is 366 g/mol. The Morgan fingerprint density at radius 2 is 1.33 bits per heavy atom. The van der Waals surface area contributed by atoms with E-state index in [1.807, 2.05) is 25.1 Å². The number of carbonyl (C=O) groups excluding carboxylic acids is 2. The quantitative estimate of drug-likeness (QED) is 0.698. The van der Waals surface area contributed by atoms with Gasteiger partial charge >= 0.3 is 0 Å². The summed E-state index contributed by atoms with van der Waals surface area (Å²) < 4.78 is 26.1. The third-order valence-electron chi connectivity index (χ3n) is 3.98. The van der Waals surface area contributed by atoms with Gasteiger partial charge in [0.1, 0.15) is 0 Å². The van der Waals surface area contributed by atoms with Crippen LogP contribution in [0.3, 0.4) is 0 Å². The maximum Gasteiger partial charge on any atom is 0.255 e. The van der Waals surface area contributed by atoms with Crippen LogP contribution in [0.5, 0.6) is 0 Å². The normalized spacial score (nSPS) is 10.3. The van der Waals surface area contributed by atoms with Gasteiger partial charge in [-0.05, 0) is 55.0 Å². The first kappa shape index (κ1) is 18.3. The number of hydrogen-bond acceptors (Lipinski definition) is 2. The first-order valence-corrected chi connectivity index (χ1v) is 8.17. The maximum atomic E-state index is 13.2. The second-order valence-corrected chi connectivity index (χ2v) is 5.93. The minimum absolute atomic E-state index is 0.139. The number of para-hydroxylation sites is 1. The minimum atomic E-state index is -1.05. The highest BCUT2D eigenvalue weighted by molar-refractivity contribution is 6.07. The van der Waals surface area contributed by atoms with E-state index in [-0.39, 0.29) is 17.2 Å². The highest BCUT2D eigenvalue weighted by atomic mass is 19.2. The molecule has 0 atom stereocenters. The van der Waals surface area contributed by atoms with Crippen LogP contribution in [0.2, 0.25) is 0 Å². The summed E-state index contributed by atoms with van der Waals surface area (Å²) in [6.45, 7) is 1.89. The lowest BCUT2D eigenvalue weighted by atomic mass is 10.1. The molecule has 27 heavy (non-hydrogen) atoms. The second-order valence-electron chi connectivity index (χ2n) is 5.93. The van der Waals surface area contributed by atoms with E-state index in [9.17, 15) is 18.4 Å². The molecule has 0 saturated heterocycles. The van der Waals surface area contributed by atoms with Gasteiger partial charge in [-0.15, -0.1) is 0 Å². The second kappa shape index (κ2) is 7.78. The largest absolute Gasteiger partial charge is 0.322 e. The fourth-order valence-electron chi connectivity index (χ4n) is 2.46. The zero-order valence-corrected chi connectivity index (χ0v) is 14.4. The van der Waals surface area contributed by atoms with Crippen molar-refractivity contribution in [3.63, 3.8) is 0 Å². The Labute approximate surface area is 154 Å². The number of halogens is 2. The lowest BCUT2D eigenvalue weighted by Crippen LogP contribution is -2.15. The SMILES string of the molecule is Cc1ccccc1NC(=O)c1ccc(C(=O)Nc2ccc(F)c(F)c2)cc1. The van der Waals surface area contributed by atoms with E-state index >= 15 is 0 Å². The lowest BCUT2D eigenvalue weighted by Gasteiger charge is -2.09. The molecular formula is C21H16F2N2O2. The van der Waals surface area contributed by atoms with Crippen LogP contribution >= 0.6 is 0 Å². The van der Waals surface area contributed by atoms with Crippen molar-refractivity contribution in [2.24, 2.45) is 0 Å². The highest BCUT2D eigenvalue weighted by Gasteiger charge is 2.11. The van der Waals surface area contributed by atoms with E-state index in [2.05, 4.69) is 10.6 Å². The fourth-order valence-corrected chi connectivity index (χ4v) is 2.46. The number of hydrogen-bond donors (Lipinski definition) is 2. The number of benzene rings is 3. The standard InChI is InChI=1S/C21H16F2N2O2/c1-13-4-2-3-5-19(13)25-21(27)15-8-6-14(7-9-15)20(26)24-16-10-11-17(22)18(23)12-16/h2-12H,1H3,(H,24,26)(H,25,27). The maximum absolute atomic E-state index is 13.2. The molecule has 0 bridgehead atoms. The van der Waals surface area contributed by atoms with Crippen molar-refractivity contribution in [2.75, 3.05) is 10.6 Å². The van der Waals surface area contributed by atoms with Crippen LogP contribution in [-0.4, -0.2) is 11.8 Å². The third-order valence-corrected chi connectivity index (χ3v) is 3.98.